The summed E-state index contributed by atoms with van der Waals surface area (Å²) >= 11 is 0. The van der Waals surface area contributed by atoms with Gasteiger partial charge in [-0.25, -0.2) is 19.2 Å². The molecule has 7 nitrogen and oxygen atoms in total. The second-order valence-corrected chi connectivity index (χ2v) is 7.71. The number of ether oxygens (including phenoxy) is 1. The van der Waals surface area contributed by atoms with Crippen LogP contribution in [0, 0.1) is 5.82 Å². The van der Waals surface area contributed by atoms with Crippen LogP contribution in [0.1, 0.15) is 26.3 Å². The van der Waals surface area contributed by atoms with Crippen LogP contribution in [0.25, 0.3) is 11.1 Å². The average Bonchev–Trinajstić information content (AvgIpc) is 2.89. The molecule has 0 spiro atoms. The number of hydrogen-bond acceptors (Lipinski definition) is 6. The van der Waals surface area contributed by atoms with Crippen LogP contribution in [0.4, 0.5) is 16.0 Å². The Morgan fingerprint density at radius 2 is 1.63 bits per heavy atom. The lowest BCUT2D eigenvalue weighted by Gasteiger charge is -2.09. The average molecular weight is 471 g/mol. The molecule has 1 amide bonds. The van der Waals surface area contributed by atoms with Gasteiger partial charge >= 0.3 is 5.97 Å². The van der Waals surface area contributed by atoms with Gasteiger partial charge in [0.25, 0.3) is 5.91 Å². The molecule has 0 aliphatic heterocycles. The maximum Gasteiger partial charge on any atom is 0.337 e. The number of rotatable bonds is 8. The van der Waals surface area contributed by atoms with Gasteiger partial charge in [-0.05, 0) is 60.0 Å². The number of nitrogens with zero attached hydrogens (tertiary/aromatic N) is 2. The van der Waals surface area contributed by atoms with E-state index < -0.39 is 0 Å². The number of halogens is 1. The lowest BCUT2D eigenvalue weighted by Crippen LogP contribution is -2.25. The number of benzene rings is 3. The van der Waals surface area contributed by atoms with Crippen LogP contribution < -0.4 is 10.6 Å². The summed E-state index contributed by atoms with van der Waals surface area (Å²) in [4.78, 5) is 32.7. The number of hydrogen-bond donors (Lipinski definition) is 2. The molecular formula is C27H23FN4O3. The second kappa shape index (κ2) is 11.0. The summed E-state index contributed by atoms with van der Waals surface area (Å²) in [5.74, 6) is -0.553. The van der Waals surface area contributed by atoms with E-state index in [4.69, 9.17) is 4.74 Å². The van der Waals surface area contributed by atoms with E-state index in [0.29, 0.717) is 46.9 Å². The van der Waals surface area contributed by atoms with E-state index in [1.807, 2.05) is 18.2 Å². The molecule has 0 saturated heterocycles. The number of anilines is 2. The summed E-state index contributed by atoms with van der Waals surface area (Å²) in [6, 6.07) is 20.3. The van der Waals surface area contributed by atoms with Gasteiger partial charge in [0.05, 0.1) is 12.7 Å². The molecule has 35 heavy (non-hydrogen) atoms. The molecule has 3 aromatic carbocycles. The van der Waals surface area contributed by atoms with Crippen molar-refractivity contribution in [2.45, 2.75) is 6.42 Å². The molecule has 0 bridgehead atoms. The van der Waals surface area contributed by atoms with Crippen LogP contribution in [-0.4, -0.2) is 35.5 Å². The van der Waals surface area contributed by atoms with Gasteiger partial charge in [0, 0.05) is 35.8 Å². The maximum atomic E-state index is 13.4. The topological polar surface area (TPSA) is 93.2 Å². The zero-order valence-electron chi connectivity index (χ0n) is 19.0. The van der Waals surface area contributed by atoms with Crippen molar-refractivity contribution in [1.29, 1.82) is 0 Å². The third-order valence-electron chi connectivity index (χ3n) is 5.26. The summed E-state index contributed by atoms with van der Waals surface area (Å²) in [6.45, 7) is 0.443. The number of carbonyl (C=O) groups is 2. The van der Waals surface area contributed by atoms with Crippen molar-refractivity contribution >= 4 is 23.5 Å². The zero-order chi connectivity index (χ0) is 24.6. The van der Waals surface area contributed by atoms with Crippen LogP contribution in [0.15, 0.2) is 85.2 Å². The smallest absolute Gasteiger partial charge is 0.337 e. The number of amides is 1. The minimum Gasteiger partial charge on any atom is -0.465 e. The molecule has 0 saturated carbocycles. The molecule has 1 aromatic heterocycles. The highest BCUT2D eigenvalue weighted by atomic mass is 19.1. The third kappa shape index (κ3) is 6.26. The fraction of sp³-hybridized carbons (Fsp3) is 0.111. The molecule has 0 aliphatic carbocycles. The van der Waals surface area contributed by atoms with Crippen molar-refractivity contribution in [3.63, 3.8) is 0 Å². The summed E-state index contributed by atoms with van der Waals surface area (Å²) in [5.41, 5.74) is 4.02. The van der Waals surface area contributed by atoms with E-state index in [9.17, 15) is 14.0 Å². The number of methoxy groups -OCH3 is 1. The van der Waals surface area contributed by atoms with E-state index in [1.54, 1.807) is 54.9 Å². The van der Waals surface area contributed by atoms with Crippen LogP contribution in [0.2, 0.25) is 0 Å². The highest BCUT2D eigenvalue weighted by molar-refractivity contribution is 5.95. The first kappa shape index (κ1) is 23.6. The summed E-state index contributed by atoms with van der Waals surface area (Å²) in [7, 11) is 1.34. The van der Waals surface area contributed by atoms with E-state index in [-0.39, 0.29) is 17.7 Å². The molecule has 176 valence electrons. The number of esters is 1. The van der Waals surface area contributed by atoms with Crippen LogP contribution in [0.5, 0.6) is 0 Å². The fourth-order valence-electron chi connectivity index (χ4n) is 3.42. The van der Waals surface area contributed by atoms with Gasteiger partial charge in [0.15, 0.2) is 0 Å². The van der Waals surface area contributed by atoms with Crippen LogP contribution >= 0.6 is 0 Å². The minimum atomic E-state index is -0.383. The molecular weight excluding hydrogens is 447 g/mol. The zero-order valence-corrected chi connectivity index (χ0v) is 19.0. The van der Waals surface area contributed by atoms with E-state index >= 15 is 0 Å². The molecule has 0 unspecified atom stereocenters. The van der Waals surface area contributed by atoms with Crippen molar-refractivity contribution in [3.8, 4) is 11.1 Å². The Kier molecular flexibility index (Phi) is 7.42. The number of nitrogens with one attached hydrogen (secondary N) is 2. The quantitative estimate of drug-likeness (QED) is 0.360. The van der Waals surface area contributed by atoms with Crippen molar-refractivity contribution in [3.05, 3.63) is 108 Å². The summed E-state index contributed by atoms with van der Waals surface area (Å²) in [5, 5.41) is 5.97. The normalized spacial score (nSPS) is 10.5. The lowest BCUT2D eigenvalue weighted by molar-refractivity contribution is 0.0600. The van der Waals surface area contributed by atoms with Gasteiger partial charge in [0.1, 0.15) is 5.82 Å². The standard InChI is InChI=1S/C27H23FN4O3/c1-35-26(34)19-10-8-18(9-11-19)12-13-29-25(33)21-5-3-7-24(15-21)32-27-30-16-22(17-31-27)20-4-2-6-23(28)14-20/h2-11,14-17H,12-13H2,1H3,(H,29,33)(H,30,31,32). The first-order valence-corrected chi connectivity index (χ1v) is 10.9. The molecule has 2 N–H and O–H groups in total. The van der Waals surface area contributed by atoms with E-state index in [2.05, 4.69) is 20.6 Å². The molecule has 0 fully saturated rings. The van der Waals surface area contributed by atoms with Crippen molar-refractivity contribution in [2.24, 2.45) is 0 Å². The van der Waals surface area contributed by atoms with Crippen molar-refractivity contribution in [1.82, 2.24) is 15.3 Å². The van der Waals surface area contributed by atoms with Gasteiger partial charge in [-0.2, -0.15) is 0 Å². The van der Waals surface area contributed by atoms with Crippen LogP contribution in [0.3, 0.4) is 0 Å². The van der Waals surface area contributed by atoms with Gasteiger partial charge in [-0.1, -0.05) is 30.3 Å². The largest absolute Gasteiger partial charge is 0.465 e. The van der Waals surface area contributed by atoms with E-state index in [0.717, 1.165) is 5.56 Å². The first-order chi connectivity index (χ1) is 17.0. The molecule has 4 aromatic rings. The molecule has 0 radical (unpaired) electrons. The molecule has 4 rings (SSSR count). The Labute approximate surface area is 202 Å². The Balaban J connectivity index is 1.32. The predicted octanol–water partition coefficient (Wildman–Crippen LogP) is 4.79. The Hall–Kier alpha value is -4.59. The molecule has 0 aliphatic rings. The predicted molar refractivity (Wildman–Crippen MR) is 131 cm³/mol. The van der Waals surface area contributed by atoms with Crippen molar-refractivity contribution in [2.75, 3.05) is 19.0 Å². The summed E-state index contributed by atoms with van der Waals surface area (Å²) in [6.07, 6.45) is 3.84. The van der Waals surface area contributed by atoms with Crippen molar-refractivity contribution < 1.29 is 18.7 Å². The van der Waals surface area contributed by atoms with Crippen LogP contribution in [-0.2, 0) is 11.2 Å². The van der Waals surface area contributed by atoms with E-state index in [1.165, 1.54) is 19.2 Å². The first-order valence-electron chi connectivity index (χ1n) is 10.9. The lowest BCUT2D eigenvalue weighted by atomic mass is 10.1. The monoisotopic (exact) mass is 470 g/mol. The van der Waals surface area contributed by atoms with Gasteiger partial charge < -0.3 is 15.4 Å². The minimum absolute atomic E-state index is 0.206. The molecule has 8 heteroatoms. The number of carbonyl (C=O) groups excluding carboxylic acids is 2. The highest BCUT2D eigenvalue weighted by Gasteiger charge is 2.08. The Morgan fingerprint density at radius 1 is 0.886 bits per heavy atom. The Morgan fingerprint density at radius 3 is 2.34 bits per heavy atom. The van der Waals surface area contributed by atoms with Gasteiger partial charge in [-0.15, -0.1) is 0 Å². The number of aromatic nitrogens is 2. The highest BCUT2D eigenvalue weighted by Crippen LogP contribution is 2.20. The maximum absolute atomic E-state index is 13.4. The summed E-state index contributed by atoms with van der Waals surface area (Å²) < 4.78 is 18.1. The van der Waals surface area contributed by atoms with Gasteiger partial charge in [0.2, 0.25) is 5.95 Å². The molecule has 0 atom stereocenters. The Bertz CT molecular complexity index is 1330. The second-order valence-electron chi connectivity index (χ2n) is 7.71. The molecule has 1 heterocycles. The SMILES string of the molecule is COC(=O)c1ccc(CCNC(=O)c2cccc(Nc3ncc(-c4cccc(F)c4)cn3)c2)cc1. The fourth-order valence-corrected chi connectivity index (χ4v) is 3.42. The third-order valence-corrected chi connectivity index (χ3v) is 5.26. The van der Waals surface area contributed by atoms with Gasteiger partial charge in [-0.3, -0.25) is 4.79 Å².